The summed E-state index contributed by atoms with van der Waals surface area (Å²) in [5, 5.41) is 3.35. The predicted octanol–water partition coefficient (Wildman–Crippen LogP) is 4.89. The predicted molar refractivity (Wildman–Crippen MR) is 113 cm³/mol. The number of benzene rings is 2. The molecular weight excluding hydrogens is 364 g/mol. The van der Waals surface area contributed by atoms with Crippen LogP contribution in [0.4, 0.5) is 0 Å². The minimum atomic E-state index is 0.401. The average molecular weight is 392 g/mol. The van der Waals surface area contributed by atoms with Gasteiger partial charge in [0.15, 0.2) is 0 Å². The number of ether oxygens (including phenoxy) is 2. The zero-order valence-electron chi connectivity index (χ0n) is 16.9. The van der Waals surface area contributed by atoms with Crippen molar-refractivity contribution in [1.82, 2.24) is 10.3 Å². The molecule has 3 aromatic rings. The van der Waals surface area contributed by atoms with Gasteiger partial charge in [-0.25, -0.2) is 4.98 Å². The van der Waals surface area contributed by atoms with E-state index in [0.717, 1.165) is 35.8 Å². The van der Waals surface area contributed by atoms with Gasteiger partial charge < -0.3 is 13.9 Å². The van der Waals surface area contributed by atoms with Gasteiger partial charge in [-0.2, -0.15) is 0 Å². The summed E-state index contributed by atoms with van der Waals surface area (Å²) in [5.41, 5.74) is 3.15. The molecule has 5 nitrogen and oxygen atoms in total. The van der Waals surface area contributed by atoms with Crippen molar-refractivity contribution >= 4 is 0 Å². The molecule has 0 spiro atoms. The third-order valence-corrected chi connectivity index (χ3v) is 5.27. The first-order chi connectivity index (χ1) is 14.3. The maximum absolute atomic E-state index is 5.93. The van der Waals surface area contributed by atoms with Crippen LogP contribution in [0, 0.1) is 6.92 Å². The van der Waals surface area contributed by atoms with Gasteiger partial charge in [0.1, 0.15) is 23.8 Å². The lowest BCUT2D eigenvalue weighted by Gasteiger charge is -2.08. The molecule has 0 aliphatic carbocycles. The highest BCUT2D eigenvalue weighted by Crippen LogP contribution is 2.23. The number of aryl methyl sites for hydroxylation is 2. The molecule has 29 heavy (non-hydrogen) atoms. The normalized spacial score (nSPS) is 16.2. The van der Waals surface area contributed by atoms with E-state index in [9.17, 15) is 0 Å². The van der Waals surface area contributed by atoms with E-state index < -0.39 is 0 Å². The van der Waals surface area contributed by atoms with Crippen LogP contribution in [-0.2, 0) is 17.8 Å². The van der Waals surface area contributed by atoms with Crippen LogP contribution < -0.4 is 10.1 Å². The van der Waals surface area contributed by atoms with Gasteiger partial charge in [0.25, 0.3) is 0 Å². The molecular formula is C24H28N2O3. The second kappa shape index (κ2) is 9.72. The van der Waals surface area contributed by atoms with Crippen molar-refractivity contribution < 1.29 is 13.9 Å². The Morgan fingerprint density at radius 2 is 1.90 bits per heavy atom. The monoisotopic (exact) mass is 392 g/mol. The first-order valence-corrected chi connectivity index (χ1v) is 10.3. The fourth-order valence-electron chi connectivity index (χ4n) is 3.51. The molecule has 4 rings (SSSR count). The molecule has 1 aliphatic rings. The van der Waals surface area contributed by atoms with E-state index in [1.54, 1.807) is 0 Å². The van der Waals surface area contributed by atoms with Crippen molar-refractivity contribution in [3.05, 3.63) is 71.6 Å². The largest absolute Gasteiger partial charge is 0.487 e. The van der Waals surface area contributed by atoms with Crippen molar-refractivity contribution in [3.8, 4) is 17.2 Å². The van der Waals surface area contributed by atoms with Crippen LogP contribution in [0.15, 0.2) is 59.0 Å². The number of hydrogen-bond acceptors (Lipinski definition) is 5. The molecule has 0 radical (unpaired) electrons. The fraction of sp³-hybridized carbons (Fsp3) is 0.375. The molecule has 1 aromatic heterocycles. The van der Waals surface area contributed by atoms with Crippen LogP contribution in [0.25, 0.3) is 11.5 Å². The zero-order valence-corrected chi connectivity index (χ0v) is 16.9. The first kappa shape index (κ1) is 19.7. The van der Waals surface area contributed by atoms with E-state index in [-0.39, 0.29) is 0 Å². The van der Waals surface area contributed by atoms with Crippen LogP contribution in [0.1, 0.15) is 36.3 Å². The summed E-state index contributed by atoms with van der Waals surface area (Å²) in [6.45, 7) is 3.88. The van der Waals surface area contributed by atoms with Gasteiger partial charge in [-0.05, 0) is 56.0 Å². The molecule has 0 bridgehead atoms. The number of aromatic nitrogens is 1. The third kappa shape index (κ3) is 5.46. The molecule has 1 aliphatic heterocycles. The van der Waals surface area contributed by atoms with Crippen LogP contribution >= 0.6 is 0 Å². The van der Waals surface area contributed by atoms with Crippen molar-refractivity contribution in [2.75, 3.05) is 13.3 Å². The summed E-state index contributed by atoms with van der Waals surface area (Å²) in [5.74, 6) is 2.28. The highest BCUT2D eigenvalue weighted by molar-refractivity contribution is 5.53. The van der Waals surface area contributed by atoms with Crippen LogP contribution in [-0.4, -0.2) is 24.4 Å². The molecule has 152 valence electrons. The Morgan fingerprint density at radius 3 is 2.66 bits per heavy atom. The number of unbranched alkanes of at least 4 members (excludes halogenated alkanes) is 1. The van der Waals surface area contributed by atoms with Crippen molar-refractivity contribution in [2.45, 2.75) is 45.3 Å². The van der Waals surface area contributed by atoms with Crippen molar-refractivity contribution in [1.29, 1.82) is 0 Å². The molecule has 2 aromatic carbocycles. The van der Waals surface area contributed by atoms with Crippen LogP contribution in [0.2, 0.25) is 0 Å². The standard InChI is InChI=1S/C24H28N2O3/c1-18-23(26-24(29-18)20-8-3-2-4-9-20)16-28-22-13-11-19(12-14-22)7-5-6-10-21-15-27-17-25-21/h2-4,8-9,11-14,21,25H,5-7,10,15-17H2,1H3. The Hall–Kier alpha value is -2.63. The Kier molecular flexibility index (Phi) is 6.60. The van der Waals surface area contributed by atoms with Crippen molar-refractivity contribution in [3.63, 3.8) is 0 Å². The summed E-state index contributed by atoms with van der Waals surface area (Å²) in [4.78, 5) is 4.59. The first-order valence-electron chi connectivity index (χ1n) is 10.3. The second-order valence-corrected chi connectivity index (χ2v) is 7.48. The van der Waals surface area contributed by atoms with Gasteiger partial charge in [-0.1, -0.05) is 36.8 Å². The quantitative estimate of drug-likeness (QED) is 0.526. The Balaban J connectivity index is 1.24. The summed E-state index contributed by atoms with van der Waals surface area (Å²) in [6, 6.07) is 18.8. The SMILES string of the molecule is Cc1oc(-c2ccccc2)nc1COc1ccc(CCCCC2COCN2)cc1. The maximum atomic E-state index is 5.93. The van der Waals surface area contributed by atoms with Gasteiger partial charge in [-0.15, -0.1) is 0 Å². The highest BCUT2D eigenvalue weighted by atomic mass is 16.5. The van der Waals surface area contributed by atoms with Crippen LogP contribution in [0.3, 0.4) is 0 Å². The number of hydrogen-bond donors (Lipinski definition) is 1. The molecule has 1 N–H and O–H groups in total. The molecule has 2 heterocycles. The molecule has 1 fully saturated rings. The molecule has 1 unspecified atom stereocenters. The third-order valence-electron chi connectivity index (χ3n) is 5.27. The summed E-state index contributed by atoms with van der Waals surface area (Å²) >= 11 is 0. The lowest BCUT2D eigenvalue weighted by Crippen LogP contribution is -2.23. The number of rotatable bonds is 9. The van der Waals surface area contributed by atoms with Gasteiger partial charge in [0.2, 0.25) is 5.89 Å². The van der Waals surface area contributed by atoms with E-state index in [2.05, 4.69) is 22.4 Å². The average Bonchev–Trinajstić information content (AvgIpc) is 3.41. The summed E-state index contributed by atoms with van der Waals surface area (Å²) in [7, 11) is 0. The van der Waals surface area contributed by atoms with E-state index in [4.69, 9.17) is 13.9 Å². The van der Waals surface area contributed by atoms with Gasteiger partial charge in [0.05, 0.1) is 13.3 Å². The lowest BCUT2D eigenvalue weighted by molar-refractivity contribution is 0.188. The highest BCUT2D eigenvalue weighted by Gasteiger charge is 2.13. The summed E-state index contributed by atoms with van der Waals surface area (Å²) in [6.07, 6.45) is 4.69. The number of oxazole rings is 1. The molecule has 1 saturated heterocycles. The molecule has 5 heteroatoms. The number of nitrogens with zero attached hydrogens (tertiary/aromatic N) is 1. The molecule has 0 amide bonds. The van der Waals surface area contributed by atoms with E-state index >= 15 is 0 Å². The van der Waals surface area contributed by atoms with Gasteiger partial charge in [0, 0.05) is 11.6 Å². The van der Waals surface area contributed by atoms with Gasteiger partial charge in [-0.3, -0.25) is 5.32 Å². The zero-order chi connectivity index (χ0) is 19.9. The van der Waals surface area contributed by atoms with Crippen LogP contribution in [0.5, 0.6) is 5.75 Å². The van der Waals surface area contributed by atoms with Crippen molar-refractivity contribution in [2.24, 2.45) is 0 Å². The topological polar surface area (TPSA) is 56.5 Å². The van der Waals surface area contributed by atoms with E-state index in [0.29, 0.717) is 25.3 Å². The van der Waals surface area contributed by atoms with Gasteiger partial charge >= 0.3 is 0 Å². The second-order valence-electron chi connectivity index (χ2n) is 7.48. The minimum absolute atomic E-state index is 0.401. The maximum Gasteiger partial charge on any atom is 0.226 e. The summed E-state index contributed by atoms with van der Waals surface area (Å²) < 4.78 is 17.1. The Labute approximate surface area is 172 Å². The minimum Gasteiger partial charge on any atom is -0.487 e. The van der Waals surface area contributed by atoms with E-state index in [1.807, 2.05) is 49.4 Å². The lowest BCUT2D eigenvalue weighted by atomic mass is 10.0. The molecule has 1 atom stereocenters. The smallest absolute Gasteiger partial charge is 0.226 e. The Bertz CT molecular complexity index is 884. The molecule has 0 saturated carbocycles. The fourth-order valence-corrected chi connectivity index (χ4v) is 3.51. The Morgan fingerprint density at radius 1 is 1.07 bits per heavy atom. The van der Waals surface area contributed by atoms with E-state index in [1.165, 1.54) is 24.8 Å². The number of nitrogens with one attached hydrogen (secondary N) is 1.